The number of aromatic carboxylic acids is 1. The molecular formula is C34H24N4O3S. The van der Waals surface area contributed by atoms with Crippen LogP contribution in [0.5, 0.6) is 0 Å². The number of hydrogen-bond donors (Lipinski definition) is 1. The molecule has 1 aliphatic heterocycles. The van der Waals surface area contributed by atoms with Crippen LogP contribution in [0, 0.1) is 11.3 Å². The largest absolute Gasteiger partial charge is 0.478 e. The first-order valence-electron chi connectivity index (χ1n) is 13.2. The van der Waals surface area contributed by atoms with Gasteiger partial charge < -0.3 is 9.67 Å². The predicted molar refractivity (Wildman–Crippen MR) is 165 cm³/mol. The van der Waals surface area contributed by atoms with Crippen molar-refractivity contribution in [3.8, 4) is 6.07 Å². The normalized spacial score (nSPS) is 15.0. The maximum Gasteiger partial charge on any atom is 0.335 e. The lowest BCUT2D eigenvalue weighted by molar-refractivity contribution is -0.122. The summed E-state index contributed by atoms with van der Waals surface area (Å²) < 4.78 is 2.10. The topological polar surface area (TPSA) is 98.7 Å². The first kappa shape index (κ1) is 26.8. The molecule has 0 aliphatic carbocycles. The molecule has 0 unspecified atom stereocenters. The fourth-order valence-corrected chi connectivity index (χ4v) is 5.88. The third kappa shape index (κ3) is 5.46. The van der Waals surface area contributed by atoms with Crippen LogP contribution in [0.25, 0.3) is 17.0 Å². The number of amides is 1. The molecule has 0 radical (unpaired) electrons. The number of amidine groups is 1. The lowest BCUT2D eigenvalue weighted by Gasteiger charge is -2.16. The number of aromatic nitrogens is 1. The molecule has 1 aliphatic rings. The highest BCUT2D eigenvalue weighted by atomic mass is 32.2. The highest BCUT2D eigenvalue weighted by molar-refractivity contribution is 8.18. The molecule has 5 aromatic rings. The van der Waals surface area contributed by atoms with E-state index in [0.717, 1.165) is 33.3 Å². The number of carbonyl (C=O) groups excluding carboxylic acids is 1. The summed E-state index contributed by atoms with van der Waals surface area (Å²) >= 11 is 1.31. The molecule has 1 saturated heterocycles. The SMILES string of the molecule is N#Cc1ccccc1Cn1cc(/C=C2\SC(=Nc3ccccc3)N(Cc3ccc(C(=O)O)cc3)C2=O)c2ccccc21. The number of benzene rings is 4. The molecule has 7 nitrogen and oxygen atoms in total. The van der Waals surface area contributed by atoms with Gasteiger partial charge in [0.25, 0.3) is 5.91 Å². The molecule has 0 spiro atoms. The number of para-hydroxylation sites is 2. The van der Waals surface area contributed by atoms with Gasteiger partial charge >= 0.3 is 5.97 Å². The molecule has 4 aromatic carbocycles. The fraction of sp³-hybridized carbons (Fsp3) is 0.0588. The molecule has 1 fully saturated rings. The van der Waals surface area contributed by atoms with Crippen LogP contribution >= 0.6 is 11.8 Å². The van der Waals surface area contributed by atoms with Crippen LogP contribution < -0.4 is 0 Å². The molecule has 1 N–H and O–H groups in total. The van der Waals surface area contributed by atoms with Gasteiger partial charge in [-0.05, 0) is 65.4 Å². The summed E-state index contributed by atoms with van der Waals surface area (Å²) in [4.78, 5) is 32.1. The Kier molecular flexibility index (Phi) is 7.41. The Balaban J connectivity index is 1.38. The number of fused-ring (bicyclic) bond motifs is 1. The quantitative estimate of drug-likeness (QED) is 0.212. The maximum absolute atomic E-state index is 13.8. The summed E-state index contributed by atoms with van der Waals surface area (Å²) in [6.45, 7) is 0.773. The van der Waals surface area contributed by atoms with Gasteiger partial charge in [-0.2, -0.15) is 5.26 Å². The number of aliphatic imine (C=N–C) groups is 1. The van der Waals surface area contributed by atoms with Gasteiger partial charge in [-0.3, -0.25) is 9.69 Å². The molecule has 2 heterocycles. The van der Waals surface area contributed by atoms with Crippen LogP contribution in [0.15, 0.2) is 119 Å². The van der Waals surface area contributed by atoms with E-state index in [1.54, 1.807) is 17.0 Å². The van der Waals surface area contributed by atoms with Gasteiger partial charge in [0.15, 0.2) is 5.17 Å². The Morgan fingerprint density at radius 3 is 2.38 bits per heavy atom. The van der Waals surface area contributed by atoms with Crippen LogP contribution in [-0.4, -0.2) is 31.6 Å². The zero-order valence-electron chi connectivity index (χ0n) is 22.3. The van der Waals surface area contributed by atoms with E-state index in [1.165, 1.54) is 23.9 Å². The average Bonchev–Trinajstić information content (AvgIpc) is 3.50. The smallest absolute Gasteiger partial charge is 0.335 e. The minimum absolute atomic E-state index is 0.177. The molecule has 0 saturated carbocycles. The van der Waals surface area contributed by atoms with E-state index in [1.807, 2.05) is 91.1 Å². The van der Waals surface area contributed by atoms with Crippen molar-refractivity contribution >= 4 is 51.5 Å². The van der Waals surface area contributed by atoms with Crippen LogP contribution in [0.4, 0.5) is 5.69 Å². The number of carbonyl (C=O) groups is 2. The van der Waals surface area contributed by atoms with Gasteiger partial charge in [0.2, 0.25) is 0 Å². The Hall–Kier alpha value is -5.39. The monoisotopic (exact) mass is 568 g/mol. The van der Waals surface area contributed by atoms with Crippen molar-refractivity contribution in [2.24, 2.45) is 4.99 Å². The summed E-state index contributed by atoms with van der Waals surface area (Å²) in [6.07, 6.45) is 3.91. The molecular weight excluding hydrogens is 544 g/mol. The van der Waals surface area contributed by atoms with Crippen LogP contribution in [-0.2, 0) is 17.9 Å². The van der Waals surface area contributed by atoms with Crippen molar-refractivity contribution < 1.29 is 14.7 Å². The molecule has 0 atom stereocenters. The van der Waals surface area contributed by atoms with Crippen molar-refractivity contribution in [1.29, 1.82) is 5.26 Å². The van der Waals surface area contributed by atoms with Crippen LogP contribution in [0.1, 0.15) is 32.6 Å². The molecule has 42 heavy (non-hydrogen) atoms. The highest BCUT2D eigenvalue weighted by Crippen LogP contribution is 2.36. The summed E-state index contributed by atoms with van der Waals surface area (Å²) in [5.41, 5.74) is 5.16. The van der Waals surface area contributed by atoms with Crippen molar-refractivity contribution in [2.45, 2.75) is 13.1 Å². The summed E-state index contributed by atoms with van der Waals surface area (Å²) in [6, 6.07) is 33.8. The number of hydrogen-bond acceptors (Lipinski definition) is 5. The van der Waals surface area contributed by atoms with Crippen LogP contribution in [0.2, 0.25) is 0 Å². The number of thioether (sulfide) groups is 1. The maximum atomic E-state index is 13.8. The summed E-state index contributed by atoms with van der Waals surface area (Å²) in [5, 5.41) is 20.4. The Morgan fingerprint density at radius 2 is 1.62 bits per heavy atom. The molecule has 6 rings (SSSR count). The van der Waals surface area contributed by atoms with E-state index >= 15 is 0 Å². The second-order valence-electron chi connectivity index (χ2n) is 9.73. The second-order valence-corrected chi connectivity index (χ2v) is 10.7. The Bertz CT molecular complexity index is 1920. The molecule has 1 amide bonds. The highest BCUT2D eigenvalue weighted by Gasteiger charge is 2.34. The first-order valence-corrected chi connectivity index (χ1v) is 14.0. The van der Waals surface area contributed by atoms with Crippen molar-refractivity contribution in [3.05, 3.63) is 142 Å². The number of nitriles is 1. The van der Waals surface area contributed by atoms with Crippen molar-refractivity contribution in [2.75, 3.05) is 0 Å². The summed E-state index contributed by atoms with van der Waals surface area (Å²) in [5.74, 6) is -1.18. The molecule has 0 bridgehead atoms. The Labute approximate surface area is 246 Å². The molecule has 1 aromatic heterocycles. The first-order chi connectivity index (χ1) is 20.5. The van der Waals surface area contributed by atoms with Crippen molar-refractivity contribution in [3.63, 3.8) is 0 Å². The standard InChI is InChI=1S/C34H24N4O3S/c35-19-25-8-4-5-9-26(25)21-37-22-27(29-12-6-7-13-30(29)37)18-31-32(39)38(20-23-14-16-24(17-15-23)33(40)41)34(42-31)36-28-10-2-1-3-11-28/h1-18,22H,20-21H2,(H,40,41)/b31-18-,36-34?. The zero-order chi connectivity index (χ0) is 29.1. The lowest BCUT2D eigenvalue weighted by atomic mass is 10.1. The van der Waals surface area contributed by atoms with E-state index in [9.17, 15) is 20.0 Å². The average molecular weight is 569 g/mol. The molecule has 8 heteroatoms. The van der Waals surface area contributed by atoms with Crippen LogP contribution in [0.3, 0.4) is 0 Å². The van der Waals surface area contributed by atoms with E-state index in [0.29, 0.717) is 22.2 Å². The zero-order valence-corrected chi connectivity index (χ0v) is 23.2. The van der Waals surface area contributed by atoms with E-state index in [4.69, 9.17) is 4.99 Å². The Morgan fingerprint density at radius 1 is 0.905 bits per heavy atom. The third-order valence-corrected chi connectivity index (χ3v) is 8.00. The number of rotatable bonds is 7. The predicted octanol–water partition coefficient (Wildman–Crippen LogP) is 7.06. The van der Waals surface area contributed by atoms with Gasteiger partial charge in [-0.15, -0.1) is 0 Å². The van der Waals surface area contributed by atoms with Gasteiger partial charge in [0.1, 0.15) is 0 Å². The van der Waals surface area contributed by atoms with Crippen molar-refractivity contribution in [1.82, 2.24) is 9.47 Å². The van der Waals surface area contributed by atoms with E-state index in [-0.39, 0.29) is 18.0 Å². The third-order valence-electron chi connectivity index (χ3n) is 7.00. The second kappa shape index (κ2) is 11.6. The van der Waals surface area contributed by atoms with Gasteiger partial charge in [-0.25, -0.2) is 9.79 Å². The molecule has 204 valence electrons. The number of carboxylic acid groups (broad SMARTS) is 1. The van der Waals surface area contributed by atoms with E-state index in [2.05, 4.69) is 10.6 Å². The fourth-order valence-electron chi connectivity index (χ4n) is 4.89. The number of carboxylic acids is 1. The van der Waals surface area contributed by atoms with Gasteiger partial charge in [-0.1, -0.05) is 66.7 Å². The lowest BCUT2D eigenvalue weighted by Crippen LogP contribution is -2.28. The summed E-state index contributed by atoms with van der Waals surface area (Å²) in [7, 11) is 0. The van der Waals surface area contributed by atoms with Gasteiger partial charge in [0.05, 0.1) is 34.3 Å². The van der Waals surface area contributed by atoms with E-state index < -0.39 is 5.97 Å². The van der Waals surface area contributed by atoms with Gasteiger partial charge in [0, 0.05) is 29.2 Å². The minimum Gasteiger partial charge on any atom is -0.478 e. The number of nitrogens with zero attached hydrogens (tertiary/aromatic N) is 4. The minimum atomic E-state index is -0.999.